The molecule has 98 valence electrons. The summed E-state index contributed by atoms with van der Waals surface area (Å²) in [6.45, 7) is 1.90. The van der Waals surface area contributed by atoms with Crippen LogP contribution in [-0.4, -0.2) is 11.9 Å². The first-order chi connectivity index (χ1) is 8.58. The van der Waals surface area contributed by atoms with Crippen LogP contribution in [0.2, 0.25) is 5.02 Å². The molecule has 1 aromatic carbocycles. The van der Waals surface area contributed by atoms with E-state index in [-0.39, 0.29) is 11.9 Å². The molecule has 1 saturated carbocycles. The molecule has 1 amide bonds. The van der Waals surface area contributed by atoms with E-state index in [2.05, 4.69) is 5.32 Å². The van der Waals surface area contributed by atoms with Gasteiger partial charge in [-0.3, -0.25) is 4.79 Å². The molecule has 4 heteroatoms. The molecule has 2 rings (SSSR count). The highest BCUT2D eigenvalue weighted by molar-refractivity contribution is 6.31. The van der Waals surface area contributed by atoms with Crippen molar-refractivity contribution in [1.29, 1.82) is 0 Å². The summed E-state index contributed by atoms with van der Waals surface area (Å²) in [6, 6.07) is 5.70. The molecule has 18 heavy (non-hydrogen) atoms. The van der Waals surface area contributed by atoms with Crippen molar-refractivity contribution in [2.24, 2.45) is 11.7 Å². The van der Waals surface area contributed by atoms with Crippen molar-refractivity contribution in [1.82, 2.24) is 0 Å². The normalized spacial score (nSPS) is 23.1. The average molecular weight is 267 g/mol. The van der Waals surface area contributed by atoms with Crippen LogP contribution >= 0.6 is 11.6 Å². The number of carbonyl (C=O) groups excluding carboxylic acids is 1. The summed E-state index contributed by atoms with van der Waals surface area (Å²) in [5.41, 5.74) is 7.67. The quantitative estimate of drug-likeness (QED) is 0.883. The smallest absolute Gasteiger partial charge is 0.224 e. The zero-order valence-electron chi connectivity index (χ0n) is 10.6. The molecule has 1 fully saturated rings. The summed E-state index contributed by atoms with van der Waals surface area (Å²) < 4.78 is 0. The van der Waals surface area contributed by atoms with Crippen molar-refractivity contribution < 1.29 is 4.79 Å². The van der Waals surface area contributed by atoms with Crippen molar-refractivity contribution in [3.05, 3.63) is 28.8 Å². The van der Waals surface area contributed by atoms with E-state index in [1.165, 1.54) is 0 Å². The Morgan fingerprint density at radius 2 is 2.28 bits per heavy atom. The van der Waals surface area contributed by atoms with Crippen LogP contribution in [0.4, 0.5) is 5.69 Å². The fourth-order valence-corrected chi connectivity index (χ4v) is 2.68. The number of amides is 1. The lowest BCUT2D eigenvalue weighted by molar-refractivity contribution is -0.117. The lowest BCUT2D eigenvalue weighted by atomic mass is 10.00. The Bertz CT molecular complexity index is 447. The van der Waals surface area contributed by atoms with Gasteiger partial charge in [0.15, 0.2) is 0 Å². The van der Waals surface area contributed by atoms with Gasteiger partial charge in [0.2, 0.25) is 5.91 Å². The molecule has 0 bridgehead atoms. The Hall–Kier alpha value is -1.06. The van der Waals surface area contributed by atoms with Crippen molar-refractivity contribution in [2.45, 2.75) is 38.6 Å². The Morgan fingerprint density at radius 3 is 2.94 bits per heavy atom. The van der Waals surface area contributed by atoms with Gasteiger partial charge in [-0.1, -0.05) is 24.1 Å². The van der Waals surface area contributed by atoms with E-state index in [4.69, 9.17) is 17.3 Å². The second-order valence-electron chi connectivity index (χ2n) is 5.02. The van der Waals surface area contributed by atoms with E-state index < -0.39 is 0 Å². The van der Waals surface area contributed by atoms with E-state index in [1.54, 1.807) is 0 Å². The molecular weight excluding hydrogens is 248 g/mol. The van der Waals surface area contributed by atoms with E-state index in [0.717, 1.165) is 30.5 Å². The van der Waals surface area contributed by atoms with Crippen LogP contribution in [0.5, 0.6) is 0 Å². The number of hydrogen-bond acceptors (Lipinski definition) is 2. The number of carbonyl (C=O) groups is 1. The van der Waals surface area contributed by atoms with Gasteiger partial charge in [-0.05, 0) is 43.4 Å². The molecule has 3 nitrogen and oxygen atoms in total. The molecule has 0 aromatic heterocycles. The fraction of sp³-hybridized carbons (Fsp3) is 0.500. The van der Waals surface area contributed by atoms with E-state index >= 15 is 0 Å². The Labute approximate surface area is 113 Å². The molecule has 0 heterocycles. The molecular formula is C14H19ClN2O. The lowest BCUT2D eigenvalue weighted by Crippen LogP contribution is -2.28. The maximum absolute atomic E-state index is 12.0. The molecule has 3 N–H and O–H groups in total. The van der Waals surface area contributed by atoms with Crippen LogP contribution in [-0.2, 0) is 4.79 Å². The largest absolute Gasteiger partial charge is 0.327 e. The zero-order chi connectivity index (χ0) is 13.1. The number of anilines is 1. The summed E-state index contributed by atoms with van der Waals surface area (Å²) in [5.74, 6) is 0.354. The molecule has 0 unspecified atom stereocenters. The minimum absolute atomic E-state index is 0.0303. The Morgan fingerprint density at radius 1 is 1.50 bits per heavy atom. The van der Waals surface area contributed by atoms with Gasteiger partial charge in [-0.15, -0.1) is 0 Å². The number of hydrogen-bond donors (Lipinski definition) is 2. The van der Waals surface area contributed by atoms with Crippen molar-refractivity contribution in [3.63, 3.8) is 0 Å². The summed E-state index contributed by atoms with van der Waals surface area (Å²) in [7, 11) is 0. The third kappa shape index (κ3) is 3.03. The van der Waals surface area contributed by atoms with Crippen molar-refractivity contribution in [3.8, 4) is 0 Å². The van der Waals surface area contributed by atoms with Crippen LogP contribution in [0.1, 0.15) is 31.2 Å². The second kappa shape index (κ2) is 5.72. The van der Waals surface area contributed by atoms with Gasteiger partial charge in [0.25, 0.3) is 0 Å². The maximum Gasteiger partial charge on any atom is 0.224 e. The highest BCUT2D eigenvalue weighted by Gasteiger charge is 2.26. The standard InChI is InChI=1S/C14H19ClN2O/c1-9-11(15)5-3-7-13(9)17-14(18)8-10-4-2-6-12(10)16/h3,5,7,10,12H,2,4,6,8,16H2,1H3,(H,17,18)/t10-,12+/m0/s1. The predicted molar refractivity (Wildman–Crippen MR) is 74.8 cm³/mol. The van der Waals surface area contributed by atoms with Gasteiger partial charge in [-0.2, -0.15) is 0 Å². The molecule has 0 saturated heterocycles. The topological polar surface area (TPSA) is 55.1 Å². The summed E-state index contributed by atoms with van der Waals surface area (Å²) >= 11 is 6.02. The van der Waals surface area contributed by atoms with Gasteiger partial charge < -0.3 is 11.1 Å². The minimum atomic E-state index is 0.0303. The average Bonchev–Trinajstić information content (AvgIpc) is 2.71. The third-order valence-electron chi connectivity index (χ3n) is 3.71. The number of rotatable bonds is 3. The first-order valence-electron chi connectivity index (χ1n) is 6.38. The minimum Gasteiger partial charge on any atom is -0.327 e. The monoisotopic (exact) mass is 266 g/mol. The highest BCUT2D eigenvalue weighted by Crippen LogP contribution is 2.28. The molecule has 1 aromatic rings. The van der Waals surface area contributed by atoms with Crippen LogP contribution < -0.4 is 11.1 Å². The van der Waals surface area contributed by atoms with E-state index in [9.17, 15) is 4.79 Å². The summed E-state index contributed by atoms with van der Waals surface area (Å²) in [5, 5.41) is 3.59. The van der Waals surface area contributed by atoms with Crippen molar-refractivity contribution >= 4 is 23.2 Å². The van der Waals surface area contributed by atoms with E-state index in [0.29, 0.717) is 17.4 Å². The highest BCUT2D eigenvalue weighted by atomic mass is 35.5. The van der Waals surface area contributed by atoms with Crippen molar-refractivity contribution in [2.75, 3.05) is 5.32 Å². The van der Waals surface area contributed by atoms with Gasteiger partial charge >= 0.3 is 0 Å². The molecule has 1 aliphatic carbocycles. The van der Waals surface area contributed by atoms with Crippen LogP contribution in [0.25, 0.3) is 0 Å². The number of nitrogens with one attached hydrogen (secondary N) is 1. The SMILES string of the molecule is Cc1c(Cl)cccc1NC(=O)C[C@@H]1CCC[C@H]1N. The number of benzene rings is 1. The predicted octanol–water partition coefficient (Wildman–Crippen LogP) is 3.10. The molecule has 1 aliphatic rings. The third-order valence-corrected chi connectivity index (χ3v) is 4.12. The lowest BCUT2D eigenvalue weighted by Gasteiger charge is -2.15. The zero-order valence-corrected chi connectivity index (χ0v) is 11.3. The van der Waals surface area contributed by atoms with Gasteiger partial charge in [0.05, 0.1) is 0 Å². The fourth-order valence-electron chi connectivity index (χ4n) is 2.50. The molecule has 0 spiro atoms. The van der Waals surface area contributed by atoms with Gasteiger partial charge in [-0.25, -0.2) is 0 Å². The Balaban J connectivity index is 1.97. The van der Waals surface area contributed by atoms with Gasteiger partial charge in [0.1, 0.15) is 0 Å². The summed E-state index contributed by atoms with van der Waals surface area (Å²) in [4.78, 5) is 12.0. The summed E-state index contributed by atoms with van der Waals surface area (Å²) in [6.07, 6.45) is 3.74. The second-order valence-corrected chi connectivity index (χ2v) is 5.43. The first-order valence-corrected chi connectivity index (χ1v) is 6.76. The molecule has 0 aliphatic heterocycles. The van der Waals surface area contributed by atoms with Crippen LogP contribution in [0.3, 0.4) is 0 Å². The first kappa shape index (κ1) is 13.4. The van der Waals surface area contributed by atoms with Crippen LogP contribution in [0, 0.1) is 12.8 Å². The molecule has 0 radical (unpaired) electrons. The Kier molecular flexibility index (Phi) is 4.25. The van der Waals surface area contributed by atoms with E-state index in [1.807, 2.05) is 25.1 Å². The molecule has 2 atom stereocenters. The number of nitrogens with two attached hydrogens (primary N) is 1. The van der Waals surface area contributed by atoms with Crippen LogP contribution in [0.15, 0.2) is 18.2 Å². The van der Waals surface area contributed by atoms with Gasteiger partial charge in [0, 0.05) is 23.2 Å². The maximum atomic E-state index is 12.0. The number of halogens is 1.